The van der Waals surface area contributed by atoms with E-state index in [1.807, 2.05) is 25.1 Å². The van der Waals surface area contributed by atoms with Crippen LogP contribution in [0.3, 0.4) is 0 Å². The second-order valence-electron chi connectivity index (χ2n) is 4.77. The third kappa shape index (κ3) is 7.29. The number of aliphatic carboxylic acids is 1. The Morgan fingerprint density at radius 1 is 1.29 bits per heavy atom. The molecule has 0 aliphatic carbocycles. The molecule has 116 valence electrons. The van der Waals surface area contributed by atoms with Gasteiger partial charge in [-0.05, 0) is 31.9 Å². The Morgan fingerprint density at radius 3 is 2.71 bits per heavy atom. The number of urea groups is 1. The molecule has 0 aliphatic rings. The van der Waals surface area contributed by atoms with E-state index in [4.69, 9.17) is 5.11 Å². The molecule has 0 unspecified atom stereocenters. The fraction of sp³-hybridized carbons (Fsp3) is 0.533. The Balaban J connectivity index is 2.24. The summed E-state index contributed by atoms with van der Waals surface area (Å²) < 4.78 is 0. The molecular weight excluding hydrogens is 270 g/mol. The summed E-state index contributed by atoms with van der Waals surface area (Å²) in [6.07, 6.45) is 4.15. The van der Waals surface area contributed by atoms with Gasteiger partial charge < -0.3 is 15.3 Å². The van der Waals surface area contributed by atoms with Gasteiger partial charge in [-0.1, -0.05) is 12.5 Å². The van der Waals surface area contributed by atoms with Gasteiger partial charge in [0.2, 0.25) is 0 Å². The van der Waals surface area contributed by atoms with Crippen molar-refractivity contribution in [3.8, 4) is 0 Å². The van der Waals surface area contributed by atoms with Gasteiger partial charge in [-0.15, -0.1) is 0 Å². The van der Waals surface area contributed by atoms with Crippen molar-refractivity contribution in [3.63, 3.8) is 0 Å². The molecule has 0 aromatic carbocycles. The van der Waals surface area contributed by atoms with Gasteiger partial charge in [0, 0.05) is 25.7 Å². The largest absolute Gasteiger partial charge is 0.481 e. The van der Waals surface area contributed by atoms with Crippen LogP contribution in [0.5, 0.6) is 0 Å². The zero-order valence-electron chi connectivity index (χ0n) is 12.4. The van der Waals surface area contributed by atoms with Crippen molar-refractivity contribution < 1.29 is 14.7 Å². The van der Waals surface area contributed by atoms with Gasteiger partial charge in [0.15, 0.2) is 0 Å². The summed E-state index contributed by atoms with van der Waals surface area (Å²) in [7, 11) is 0. The van der Waals surface area contributed by atoms with E-state index < -0.39 is 5.97 Å². The van der Waals surface area contributed by atoms with Crippen molar-refractivity contribution in [2.45, 2.75) is 39.2 Å². The van der Waals surface area contributed by atoms with Crippen molar-refractivity contribution >= 4 is 12.0 Å². The second kappa shape index (κ2) is 9.74. The van der Waals surface area contributed by atoms with E-state index >= 15 is 0 Å². The maximum atomic E-state index is 12.0. The molecule has 1 aromatic rings. The lowest BCUT2D eigenvalue weighted by Crippen LogP contribution is -2.39. The van der Waals surface area contributed by atoms with Crippen LogP contribution in [0.1, 0.15) is 38.3 Å². The zero-order valence-corrected chi connectivity index (χ0v) is 12.4. The molecule has 2 amide bonds. The normalized spacial score (nSPS) is 10.1. The van der Waals surface area contributed by atoms with Crippen LogP contribution in [0.4, 0.5) is 4.79 Å². The van der Waals surface area contributed by atoms with E-state index in [9.17, 15) is 9.59 Å². The molecule has 21 heavy (non-hydrogen) atoms. The molecule has 0 fully saturated rings. The Labute approximate surface area is 125 Å². The molecule has 0 bridgehead atoms. The number of carbonyl (C=O) groups excluding carboxylic acids is 1. The Bertz CT molecular complexity index is 437. The number of rotatable bonds is 9. The number of carboxylic acids is 1. The van der Waals surface area contributed by atoms with Crippen LogP contribution in [-0.4, -0.2) is 40.1 Å². The smallest absolute Gasteiger partial charge is 0.317 e. The standard InChI is InChI=1S/C15H23N3O3/c1-2-18(12-13-8-5-7-10-16-13)15(21)17-11-6-3-4-9-14(19)20/h5,7-8,10H,2-4,6,9,11-12H2,1H3,(H,17,21)(H,19,20). The second-order valence-corrected chi connectivity index (χ2v) is 4.77. The summed E-state index contributed by atoms with van der Waals surface area (Å²) in [6, 6.07) is 5.52. The molecule has 1 heterocycles. The first-order valence-corrected chi connectivity index (χ1v) is 7.28. The highest BCUT2D eigenvalue weighted by molar-refractivity contribution is 5.74. The minimum atomic E-state index is -0.772. The van der Waals surface area contributed by atoms with E-state index in [0.717, 1.165) is 18.5 Å². The quantitative estimate of drug-likeness (QED) is 0.684. The van der Waals surface area contributed by atoms with Gasteiger partial charge in [0.05, 0.1) is 12.2 Å². The van der Waals surface area contributed by atoms with Gasteiger partial charge in [-0.25, -0.2) is 4.79 Å². The van der Waals surface area contributed by atoms with E-state index in [1.54, 1.807) is 11.1 Å². The van der Waals surface area contributed by atoms with Crippen LogP contribution in [0.15, 0.2) is 24.4 Å². The number of hydrogen-bond donors (Lipinski definition) is 2. The van der Waals surface area contributed by atoms with E-state index in [0.29, 0.717) is 26.1 Å². The highest BCUT2D eigenvalue weighted by atomic mass is 16.4. The third-order valence-electron chi connectivity index (χ3n) is 3.09. The Hall–Kier alpha value is -2.11. The summed E-state index contributed by atoms with van der Waals surface area (Å²) in [5.41, 5.74) is 0.857. The molecular formula is C15H23N3O3. The maximum absolute atomic E-state index is 12.0. The van der Waals surface area contributed by atoms with Crippen molar-refractivity contribution in [1.29, 1.82) is 0 Å². The Morgan fingerprint density at radius 2 is 2.10 bits per heavy atom. The maximum Gasteiger partial charge on any atom is 0.317 e. The van der Waals surface area contributed by atoms with Crippen LogP contribution in [0.2, 0.25) is 0 Å². The van der Waals surface area contributed by atoms with E-state index in [1.165, 1.54) is 0 Å². The van der Waals surface area contributed by atoms with Gasteiger partial charge in [0.1, 0.15) is 0 Å². The predicted octanol–water partition coefficient (Wildman–Crippen LogP) is 2.26. The van der Waals surface area contributed by atoms with Crippen LogP contribution in [0, 0.1) is 0 Å². The van der Waals surface area contributed by atoms with Crippen LogP contribution in [0.25, 0.3) is 0 Å². The molecule has 1 aromatic heterocycles. The summed E-state index contributed by atoms with van der Waals surface area (Å²) in [4.78, 5) is 28.3. The number of aromatic nitrogens is 1. The average molecular weight is 293 g/mol. The number of hydrogen-bond acceptors (Lipinski definition) is 3. The highest BCUT2D eigenvalue weighted by Crippen LogP contribution is 2.02. The molecule has 0 aliphatic heterocycles. The topological polar surface area (TPSA) is 82.5 Å². The number of amides is 2. The van der Waals surface area contributed by atoms with Gasteiger partial charge >= 0.3 is 12.0 Å². The molecule has 2 N–H and O–H groups in total. The molecule has 0 saturated carbocycles. The third-order valence-corrected chi connectivity index (χ3v) is 3.09. The fourth-order valence-corrected chi connectivity index (χ4v) is 1.90. The summed E-state index contributed by atoms with van der Waals surface area (Å²) in [5.74, 6) is -0.772. The first-order chi connectivity index (χ1) is 10.1. The minimum Gasteiger partial charge on any atom is -0.481 e. The number of nitrogens with zero attached hydrogens (tertiary/aromatic N) is 2. The summed E-state index contributed by atoms with van der Waals surface area (Å²) in [6.45, 7) is 3.59. The van der Waals surface area contributed by atoms with E-state index in [-0.39, 0.29) is 12.5 Å². The molecule has 0 spiro atoms. The lowest BCUT2D eigenvalue weighted by molar-refractivity contribution is -0.137. The summed E-state index contributed by atoms with van der Waals surface area (Å²) in [5, 5.41) is 11.4. The van der Waals surface area contributed by atoms with Crippen molar-refractivity contribution in [2.75, 3.05) is 13.1 Å². The lowest BCUT2D eigenvalue weighted by atomic mass is 10.2. The first-order valence-electron chi connectivity index (χ1n) is 7.28. The molecule has 6 nitrogen and oxygen atoms in total. The highest BCUT2D eigenvalue weighted by Gasteiger charge is 2.11. The predicted molar refractivity (Wildman–Crippen MR) is 79.8 cm³/mol. The number of unbranched alkanes of at least 4 members (excludes halogenated alkanes) is 2. The molecule has 0 atom stereocenters. The van der Waals surface area contributed by atoms with Crippen molar-refractivity contribution in [3.05, 3.63) is 30.1 Å². The number of pyridine rings is 1. The van der Waals surface area contributed by atoms with Gasteiger partial charge in [-0.3, -0.25) is 9.78 Å². The van der Waals surface area contributed by atoms with E-state index in [2.05, 4.69) is 10.3 Å². The average Bonchev–Trinajstić information content (AvgIpc) is 2.48. The minimum absolute atomic E-state index is 0.110. The van der Waals surface area contributed by atoms with Crippen LogP contribution in [-0.2, 0) is 11.3 Å². The SMILES string of the molecule is CCN(Cc1ccccn1)C(=O)NCCCCCC(=O)O. The van der Waals surface area contributed by atoms with Crippen LogP contribution >= 0.6 is 0 Å². The molecule has 0 saturated heterocycles. The number of carbonyl (C=O) groups is 2. The monoisotopic (exact) mass is 293 g/mol. The first kappa shape index (κ1) is 16.9. The summed E-state index contributed by atoms with van der Waals surface area (Å²) >= 11 is 0. The molecule has 0 radical (unpaired) electrons. The van der Waals surface area contributed by atoms with Crippen molar-refractivity contribution in [2.24, 2.45) is 0 Å². The molecule has 6 heteroatoms. The van der Waals surface area contributed by atoms with Gasteiger partial charge in [-0.2, -0.15) is 0 Å². The molecule has 1 rings (SSSR count). The number of carboxylic acid groups (broad SMARTS) is 1. The fourth-order valence-electron chi connectivity index (χ4n) is 1.90. The number of nitrogens with one attached hydrogen (secondary N) is 1. The lowest BCUT2D eigenvalue weighted by Gasteiger charge is -2.21. The zero-order chi connectivity index (χ0) is 15.5. The Kier molecular flexibility index (Phi) is 7.86. The van der Waals surface area contributed by atoms with Gasteiger partial charge in [0.25, 0.3) is 0 Å². The van der Waals surface area contributed by atoms with Crippen molar-refractivity contribution in [1.82, 2.24) is 15.2 Å². The van der Waals surface area contributed by atoms with Crippen LogP contribution < -0.4 is 5.32 Å².